The van der Waals surface area contributed by atoms with Crippen LogP contribution < -0.4 is 10.1 Å². The Balaban J connectivity index is 1.63. The normalized spacial score (nSPS) is 11.5. The van der Waals surface area contributed by atoms with Crippen molar-refractivity contribution in [2.75, 3.05) is 12.4 Å². The Kier molecular flexibility index (Phi) is 5.16. The lowest BCUT2D eigenvalue weighted by atomic mass is 10.1. The number of aromatic nitrogens is 6. The van der Waals surface area contributed by atoms with Crippen LogP contribution >= 0.6 is 0 Å². The Morgan fingerprint density at radius 1 is 1.23 bits per heavy atom. The van der Waals surface area contributed by atoms with E-state index >= 15 is 0 Å². The van der Waals surface area contributed by atoms with E-state index < -0.39 is 12.7 Å². The molecule has 0 unspecified atom stereocenters. The Hall–Kier alpha value is -4.14. The molecule has 0 amide bonds. The van der Waals surface area contributed by atoms with Crippen LogP contribution in [-0.2, 0) is 13.1 Å². The maximum Gasteiger partial charge on any atom is 0.408 e. The third-order valence-corrected chi connectivity index (χ3v) is 4.34. The molecule has 0 aliphatic rings. The van der Waals surface area contributed by atoms with E-state index in [1.54, 1.807) is 23.0 Å². The van der Waals surface area contributed by atoms with Crippen LogP contribution in [0.25, 0.3) is 11.0 Å². The number of hydrogen-bond acceptors (Lipinski definition) is 7. The summed E-state index contributed by atoms with van der Waals surface area (Å²) in [6.07, 6.45) is -0.122. The summed E-state index contributed by atoms with van der Waals surface area (Å²) in [6.45, 7) is -0.938. The van der Waals surface area contributed by atoms with Crippen molar-refractivity contribution in [1.82, 2.24) is 29.5 Å². The maximum absolute atomic E-state index is 12.7. The van der Waals surface area contributed by atoms with Gasteiger partial charge in [0, 0.05) is 6.20 Å². The van der Waals surface area contributed by atoms with Gasteiger partial charge in [0.05, 0.1) is 43.1 Å². The molecular formula is C19H15F3N8O. The fourth-order valence-electron chi connectivity index (χ4n) is 3.00. The van der Waals surface area contributed by atoms with Crippen LogP contribution in [0.5, 0.6) is 5.88 Å². The Bertz CT molecular complexity index is 1270. The van der Waals surface area contributed by atoms with Gasteiger partial charge in [-0.25, -0.2) is 9.67 Å². The summed E-state index contributed by atoms with van der Waals surface area (Å²) in [7, 11) is 1.30. The summed E-state index contributed by atoms with van der Waals surface area (Å²) >= 11 is 0. The second-order valence-electron chi connectivity index (χ2n) is 6.53. The monoisotopic (exact) mass is 428 g/mol. The van der Waals surface area contributed by atoms with Crippen molar-refractivity contribution in [3.63, 3.8) is 0 Å². The molecule has 3 aromatic heterocycles. The van der Waals surface area contributed by atoms with Gasteiger partial charge in [0.15, 0.2) is 5.65 Å². The lowest BCUT2D eigenvalue weighted by Gasteiger charge is -2.07. The van der Waals surface area contributed by atoms with E-state index in [4.69, 9.17) is 4.74 Å². The lowest BCUT2D eigenvalue weighted by molar-refractivity contribution is -0.142. The van der Waals surface area contributed by atoms with E-state index in [0.717, 1.165) is 10.2 Å². The molecule has 1 aromatic carbocycles. The molecule has 0 aliphatic heterocycles. The summed E-state index contributed by atoms with van der Waals surface area (Å²) < 4.78 is 45.3. The molecule has 0 fully saturated rings. The molecule has 31 heavy (non-hydrogen) atoms. The van der Waals surface area contributed by atoms with Crippen LogP contribution in [0, 0.1) is 11.3 Å². The fourth-order valence-corrected chi connectivity index (χ4v) is 3.00. The van der Waals surface area contributed by atoms with Crippen molar-refractivity contribution < 1.29 is 17.9 Å². The molecule has 0 atom stereocenters. The predicted molar refractivity (Wildman–Crippen MR) is 104 cm³/mol. The molecule has 0 saturated heterocycles. The SMILES string of the molecule is COc1nn(CC(F)(F)F)cc1Nc1ncc2cnn(Cc3ccccc3C#N)c2n1. The fraction of sp³-hybridized carbons (Fsp3) is 0.211. The molecule has 1 N–H and O–H groups in total. The van der Waals surface area contributed by atoms with Crippen LogP contribution in [0.4, 0.5) is 24.8 Å². The number of methoxy groups -OCH3 is 1. The highest BCUT2D eigenvalue weighted by molar-refractivity contribution is 5.75. The molecule has 4 rings (SSSR count). The molecule has 0 saturated carbocycles. The van der Waals surface area contributed by atoms with Crippen LogP contribution in [0.2, 0.25) is 0 Å². The molecule has 0 bridgehead atoms. The molecule has 12 heteroatoms. The van der Waals surface area contributed by atoms with Gasteiger partial charge in [-0.2, -0.15) is 28.5 Å². The first-order valence-corrected chi connectivity index (χ1v) is 8.98. The zero-order chi connectivity index (χ0) is 22.0. The molecule has 0 aliphatic carbocycles. The van der Waals surface area contributed by atoms with Gasteiger partial charge >= 0.3 is 6.18 Å². The average Bonchev–Trinajstić information content (AvgIpc) is 3.30. The van der Waals surface area contributed by atoms with Gasteiger partial charge in [0.1, 0.15) is 12.2 Å². The standard InChI is InChI=1S/C19H15F3N8O/c1-31-17-15(10-29(28-17)11-19(20,21)22)26-18-24-7-14-8-25-30(16(14)27-18)9-13-5-3-2-4-12(13)6-23/h2-5,7-8,10H,9,11H2,1H3,(H,24,26,27). The average molecular weight is 428 g/mol. The molecule has 0 radical (unpaired) electrons. The van der Waals surface area contributed by atoms with Crippen molar-refractivity contribution in [3.05, 3.63) is 54.0 Å². The van der Waals surface area contributed by atoms with E-state index in [1.165, 1.54) is 19.5 Å². The molecule has 3 heterocycles. The van der Waals surface area contributed by atoms with Gasteiger partial charge < -0.3 is 10.1 Å². The molecular weight excluding hydrogens is 413 g/mol. The van der Waals surface area contributed by atoms with Gasteiger partial charge in [0.25, 0.3) is 5.88 Å². The number of anilines is 2. The maximum atomic E-state index is 12.7. The minimum absolute atomic E-state index is 0.0237. The van der Waals surface area contributed by atoms with Crippen molar-refractivity contribution >= 4 is 22.7 Å². The Morgan fingerprint density at radius 3 is 2.77 bits per heavy atom. The number of nitriles is 1. The molecule has 9 nitrogen and oxygen atoms in total. The molecule has 0 spiro atoms. The van der Waals surface area contributed by atoms with Gasteiger partial charge in [-0.05, 0) is 11.6 Å². The number of halogens is 3. The van der Waals surface area contributed by atoms with Gasteiger partial charge in [-0.15, -0.1) is 5.10 Å². The summed E-state index contributed by atoms with van der Waals surface area (Å²) in [5, 5.41) is 20.9. The number of nitrogens with one attached hydrogen (secondary N) is 1. The van der Waals surface area contributed by atoms with Crippen molar-refractivity contribution in [3.8, 4) is 11.9 Å². The lowest BCUT2D eigenvalue weighted by Crippen LogP contribution is -2.17. The minimum Gasteiger partial charge on any atom is -0.478 e. The second-order valence-corrected chi connectivity index (χ2v) is 6.53. The van der Waals surface area contributed by atoms with E-state index in [2.05, 4.69) is 31.6 Å². The number of ether oxygens (including phenoxy) is 1. The summed E-state index contributed by atoms with van der Waals surface area (Å²) in [5.41, 5.74) is 1.98. The smallest absolute Gasteiger partial charge is 0.408 e. The number of nitrogens with zero attached hydrogens (tertiary/aromatic N) is 7. The van der Waals surface area contributed by atoms with Crippen LogP contribution in [0.15, 0.2) is 42.9 Å². The topological polar surface area (TPSA) is 106 Å². The van der Waals surface area contributed by atoms with E-state index in [1.807, 2.05) is 12.1 Å². The quantitative estimate of drug-likeness (QED) is 0.502. The van der Waals surface area contributed by atoms with Crippen molar-refractivity contribution in [2.45, 2.75) is 19.3 Å². The third-order valence-electron chi connectivity index (χ3n) is 4.34. The van der Waals surface area contributed by atoms with E-state index in [-0.39, 0.29) is 17.5 Å². The first kappa shape index (κ1) is 20.1. The van der Waals surface area contributed by atoms with Crippen LogP contribution in [0.3, 0.4) is 0 Å². The van der Waals surface area contributed by atoms with Gasteiger partial charge in [0.2, 0.25) is 5.95 Å². The highest BCUT2D eigenvalue weighted by Gasteiger charge is 2.29. The zero-order valence-corrected chi connectivity index (χ0v) is 16.1. The number of alkyl halides is 3. The van der Waals surface area contributed by atoms with Gasteiger partial charge in [-0.1, -0.05) is 18.2 Å². The number of rotatable bonds is 6. The predicted octanol–water partition coefficient (Wildman–Crippen LogP) is 3.26. The van der Waals surface area contributed by atoms with Crippen molar-refractivity contribution in [1.29, 1.82) is 5.26 Å². The summed E-state index contributed by atoms with van der Waals surface area (Å²) in [5.74, 6) is 0.108. The van der Waals surface area contributed by atoms with E-state index in [0.29, 0.717) is 23.1 Å². The highest BCUT2D eigenvalue weighted by atomic mass is 19.4. The third kappa shape index (κ3) is 4.40. The Morgan fingerprint density at radius 2 is 2.03 bits per heavy atom. The zero-order valence-electron chi connectivity index (χ0n) is 16.1. The highest BCUT2D eigenvalue weighted by Crippen LogP contribution is 2.27. The molecule has 158 valence electrons. The number of hydrogen-bond donors (Lipinski definition) is 1. The van der Waals surface area contributed by atoms with Crippen LogP contribution in [0.1, 0.15) is 11.1 Å². The second kappa shape index (κ2) is 7.94. The summed E-state index contributed by atoms with van der Waals surface area (Å²) in [4.78, 5) is 8.59. The molecule has 4 aromatic rings. The van der Waals surface area contributed by atoms with Crippen molar-refractivity contribution in [2.24, 2.45) is 0 Å². The largest absolute Gasteiger partial charge is 0.478 e. The van der Waals surface area contributed by atoms with Gasteiger partial charge in [-0.3, -0.25) is 4.68 Å². The first-order valence-electron chi connectivity index (χ1n) is 8.98. The number of fused-ring (bicyclic) bond motifs is 1. The summed E-state index contributed by atoms with van der Waals surface area (Å²) in [6, 6.07) is 9.29. The van der Waals surface area contributed by atoms with Crippen LogP contribution in [-0.4, -0.2) is 42.8 Å². The first-order chi connectivity index (χ1) is 14.9. The Labute approximate surface area is 173 Å². The van der Waals surface area contributed by atoms with E-state index in [9.17, 15) is 18.4 Å². The number of benzene rings is 1. The minimum atomic E-state index is -4.42.